The predicted octanol–water partition coefficient (Wildman–Crippen LogP) is 3.45. The van der Waals surface area contributed by atoms with Crippen LogP contribution < -0.4 is 0 Å². The Hall–Kier alpha value is -0.160. The standard InChI is InChI=1S/C18H34O4/c1-3-5-7-9-11-18(22-12-10-8-6-4-2)14-21-16-15(19)13-20-17(16)18/h15-17,19H,3-14H2,1-2H3/t15-,16-,17+,18+/m1/s1. The van der Waals surface area contributed by atoms with Crippen LogP contribution in [0, 0.1) is 0 Å². The van der Waals surface area contributed by atoms with E-state index in [-0.39, 0.29) is 17.8 Å². The van der Waals surface area contributed by atoms with E-state index in [9.17, 15) is 5.11 Å². The van der Waals surface area contributed by atoms with Gasteiger partial charge >= 0.3 is 0 Å². The van der Waals surface area contributed by atoms with E-state index in [4.69, 9.17) is 14.2 Å². The van der Waals surface area contributed by atoms with Gasteiger partial charge in [0.25, 0.3) is 0 Å². The molecule has 0 aromatic carbocycles. The first-order chi connectivity index (χ1) is 10.7. The molecule has 0 saturated carbocycles. The lowest BCUT2D eigenvalue weighted by molar-refractivity contribution is -0.121. The van der Waals surface area contributed by atoms with Crippen LogP contribution in [0.1, 0.15) is 71.6 Å². The second-order valence-electron chi connectivity index (χ2n) is 6.88. The number of ether oxygens (including phenoxy) is 3. The molecule has 130 valence electrons. The van der Waals surface area contributed by atoms with Crippen LogP contribution in [0.3, 0.4) is 0 Å². The minimum absolute atomic E-state index is 0.0877. The zero-order valence-electron chi connectivity index (χ0n) is 14.4. The molecule has 2 aliphatic heterocycles. The molecular weight excluding hydrogens is 280 g/mol. The van der Waals surface area contributed by atoms with Crippen molar-refractivity contribution in [1.82, 2.24) is 0 Å². The lowest BCUT2D eigenvalue weighted by Crippen LogP contribution is -2.46. The summed E-state index contributed by atoms with van der Waals surface area (Å²) in [5.41, 5.74) is -0.331. The minimum Gasteiger partial charge on any atom is -0.388 e. The summed E-state index contributed by atoms with van der Waals surface area (Å²) in [4.78, 5) is 0. The Kier molecular flexibility index (Phi) is 7.61. The number of hydrogen-bond acceptors (Lipinski definition) is 4. The van der Waals surface area contributed by atoms with Gasteiger partial charge in [-0.25, -0.2) is 0 Å². The van der Waals surface area contributed by atoms with Gasteiger partial charge in [0.05, 0.1) is 13.2 Å². The van der Waals surface area contributed by atoms with Crippen molar-refractivity contribution in [2.45, 2.75) is 95.5 Å². The van der Waals surface area contributed by atoms with E-state index in [1.807, 2.05) is 0 Å². The van der Waals surface area contributed by atoms with E-state index in [0.29, 0.717) is 13.2 Å². The third-order valence-corrected chi connectivity index (χ3v) is 5.00. The Morgan fingerprint density at radius 1 is 1.00 bits per heavy atom. The third kappa shape index (κ3) is 4.44. The van der Waals surface area contributed by atoms with Crippen molar-refractivity contribution in [3.8, 4) is 0 Å². The number of rotatable bonds is 11. The summed E-state index contributed by atoms with van der Waals surface area (Å²) in [6, 6.07) is 0. The topological polar surface area (TPSA) is 47.9 Å². The van der Waals surface area contributed by atoms with Gasteiger partial charge in [-0.3, -0.25) is 0 Å². The second-order valence-corrected chi connectivity index (χ2v) is 6.88. The number of aliphatic hydroxyl groups is 1. The number of unbranched alkanes of at least 4 members (excludes halogenated alkanes) is 6. The largest absolute Gasteiger partial charge is 0.388 e. The highest BCUT2D eigenvalue weighted by molar-refractivity contribution is 5.05. The van der Waals surface area contributed by atoms with Crippen molar-refractivity contribution in [3.63, 3.8) is 0 Å². The maximum Gasteiger partial charge on any atom is 0.120 e. The molecule has 0 spiro atoms. The van der Waals surface area contributed by atoms with E-state index >= 15 is 0 Å². The van der Waals surface area contributed by atoms with Crippen LogP contribution in [-0.4, -0.2) is 48.8 Å². The van der Waals surface area contributed by atoms with E-state index in [2.05, 4.69) is 13.8 Å². The van der Waals surface area contributed by atoms with Crippen LogP contribution in [-0.2, 0) is 14.2 Å². The molecule has 0 bridgehead atoms. The van der Waals surface area contributed by atoms with Crippen LogP contribution in [0.25, 0.3) is 0 Å². The first-order valence-electron chi connectivity index (χ1n) is 9.28. The van der Waals surface area contributed by atoms with Gasteiger partial charge in [-0.05, 0) is 12.8 Å². The molecule has 2 heterocycles. The molecule has 0 aliphatic carbocycles. The van der Waals surface area contributed by atoms with Crippen LogP contribution in [0.2, 0.25) is 0 Å². The molecule has 2 saturated heterocycles. The quantitative estimate of drug-likeness (QED) is 0.593. The van der Waals surface area contributed by atoms with E-state index in [1.165, 1.54) is 38.5 Å². The Morgan fingerprint density at radius 3 is 2.45 bits per heavy atom. The first-order valence-corrected chi connectivity index (χ1v) is 9.28. The Bertz CT molecular complexity index is 309. The zero-order valence-corrected chi connectivity index (χ0v) is 14.4. The number of aliphatic hydroxyl groups excluding tert-OH is 1. The highest BCUT2D eigenvalue weighted by atomic mass is 16.6. The fraction of sp³-hybridized carbons (Fsp3) is 1.00. The van der Waals surface area contributed by atoms with Crippen LogP contribution in [0.15, 0.2) is 0 Å². The summed E-state index contributed by atoms with van der Waals surface area (Å²) in [6.07, 6.45) is 9.93. The summed E-state index contributed by atoms with van der Waals surface area (Å²) < 4.78 is 18.0. The van der Waals surface area contributed by atoms with Crippen molar-refractivity contribution in [2.24, 2.45) is 0 Å². The highest BCUT2D eigenvalue weighted by Crippen LogP contribution is 2.40. The van der Waals surface area contributed by atoms with Gasteiger partial charge in [0.2, 0.25) is 0 Å². The summed E-state index contributed by atoms with van der Waals surface area (Å²) in [6.45, 7) is 6.18. The normalized spacial score (nSPS) is 34.2. The van der Waals surface area contributed by atoms with Crippen molar-refractivity contribution < 1.29 is 19.3 Å². The average molecular weight is 314 g/mol. The van der Waals surface area contributed by atoms with Crippen LogP contribution in [0.5, 0.6) is 0 Å². The number of fused-ring (bicyclic) bond motifs is 1. The molecule has 1 N–H and O–H groups in total. The van der Waals surface area contributed by atoms with Gasteiger partial charge < -0.3 is 19.3 Å². The molecule has 22 heavy (non-hydrogen) atoms. The molecule has 0 radical (unpaired) electrons. The van der Waals surface area contributed by atoms with Crippen molar-refractivity contribution >= 4 is 0 Å². The summed E-state index contributed by atoms with van der Waals surface area (Å²) >= 11 is 0. The first kappa shape index (κ1) is 18.2. The molecule has 4 atom stereocenters. The summed E-state index contributed by atoms with van der Waals surface area (Å²) in [7, 11) is 0. The third-order valence-electron chi connectivity index (χ3n) is 5.00. The maximum absolute atomic E-state index is 9.98. The maximum atomic E-state index is 9.98. The molecule has 2 fully saturated rings. The number of hydrogen-bond donors (Lipinski definition) is 1. The molecule has 0 unspecified atom stereocenters. The molecule has 0 aromatic heterocycles. The van der Waals surface area contributed by atoms with E-state index in [0.717, 1.165) is 25.9 Å². The summed E-state index contributed by atoms with van der Waals surface area (Å²) in [5, 5.41) is 9.98. The minimum atomic E-state index is -0.494. The lowest BCUT2D eigenvalue weighted by atomic mass is 9.89. The van der Waals surface area contributed by atoms with E-state index in [1.54, 1.807) is 0 Å². The fourth-order valence-electron chi connectivity index (χ4n) is 3.63. The molecule has 0 amide bonds. The highest BCUT2D eigenvalue weighted by Gasteiger charge is 2.56. The SMILES string of the molecule is CCCCCCO[C@@]1(CCCCCC)CO[C@@H]2[C@H](O)CO[C@@H]21. The van der Waals surface area contributed by atoms with Gasteiger partial charge in [0.15, 0.2) is 0 Å². The van der Waals surface area contributed by atoms with Gasteiger partial charge in [-0.15, -0.1) is 0 Å². The van der Waals surface area contributed by atoms with Gasteiger partial charge in [-0.2, -0.15) is 0 Å². The predicted molar refractivity (Wildman–Crippen MR) is 87.1 cm³/mol. The monoisotopic (exact) mass is 314 g/mol. The van der Waals surface area contributed by atoms with Gasteiger partial charge in [-0.1, -0.05) is 58.8 Å². The fourth-order valence-corrected chi connectivity index (χ4v) is 3.63. The molecule has 0 aromatic rings. The lowest BCUT2D eigenvalue weighted by Gasteiger charge is -2.33. The van der Waals surface area contributed by atoms with Crippen LogP contribution in [0.4, 0.5) is 0 Å². The average Bonchev–Trinajstić information content (AvgIpc) is 3.06. The van der Waals surface area contributed by atoms with Crippen LogP contribution >= 0.6 is 0 Å². The summed E-state index contributed by atoms with van der Waals surface area (Å²) in [5.74, 6) is 0. The zero-order chi connectivity index (χ0) is 15.8. The molecule has 4 nitrogen and oxygen atoms in total. The van der Waals surface area contributed by atoms with Crippen molar-refractivity contribution in [1.29, 1.82) is 0 Å². The Labute approximate surface area is 135 Å². The molecule has 4 heteroatoms. The van der Waals surface area contributed by atoms with Gasteiger partial charge in [0.1, 0.15) is 23.9 Å². The van der Waals surface area contributed by atoms with E-state index < -0.39 is 6.10 Å². The Morgan fingerprint density at radius 2 is 1.73 bits per heavy atom. The molecule has 2 rings (SSSR count). The molecule has 2 aliphatic rings. The second kappa shape index (κ2) is 9.21. The molecular formula is C18H34O4. The smallest absolute Gasteiger partial charge is 0.120 e. The van der Waals surface area contributed by atoms with Crippen molar-refractivity contribution in [2.75, 3.05) is 19.8 Å². The Balaban J connectivity index is 1.86. The van der Waals surface area contributed by atoms with Crippen molar-refractivity contribution in [3.05, 3.63) is 0 Å². The van der Waals surface area contributed by atoms with Gasteiger partial charge in [0, 0.05) is 6.61 Å².